The first-order valence-corrected chi connectivity index (χ1v) is 8.63. The Morgan fingerprint density at radius 1 is 1.14 bits per heavy atom. The lowest BCUT2D eigenvalue weighted by Gasteiger charge is -2.35. The topological polar surface area (TPSA) is 49.3 Å². The number of fused-ring (bicyclic) bond motifs is 4. The van der Waals surface area contributed by atoms with Gasteiger partial charge in [-0.15, -0.1) is 0 Å². The van der Waals surface area contributed by atoms with Crippen molar-refractivity contribution in [2.24, 2.45) is 5.92 Å². The molecular formula is C17H24N4O. The zero-order chi connectivity index (χ0) is 15.1. The number of piperidine rings is 1. The van der Waals surface area contributed by atoms with Crippen LogP contribution in [0, 0.1) is 5.92 Å². The number of hydrogen-bond donors (Lipinski definition) is 0. The third-order valence-corrected chi connectivity index (χ3v) is 5.25. The highest BCUT2D eigenvalue weighted by Gasteiger charge is 2.40. The molecule has 0 radical (unpaired) electrons. The van der Waals surface area contributed by atoms with Crippen molar-refractivity contribution >= 4 is 11.7 Å². The molecule has 22 heavy (non-hydrogen) atoms. The van der Waals surface area contributed by atoms with Gasteiger partial charge in [0.05, 0.1) is 5.92 Å². The average Bonchev–Trinajstić information content (AvgIpc) is 3.37. The van der Waals surface area contributed by atoms with E-state index in [1.807, 2.05) is 0 Å². The van der Waals surface area contributed by atoms with Gasteiger partial charge in [0.25, 0.3) is 0 Å². The monoisotopic (exact) mass is 300 g/mol. The molecule has 4 heterocycles. The minimum Gasteiger partial charge on any atom is -0.354 e. The van der Waals surface area contributed by atoms with E-state index in [2.05, 4.69) is 32.8 Å². The van der Waals surface area contributed by atoms with E-state index in [9.17, 15) is 4.79 Å². The molecule has 3 aliphatic heterocycles. The second-order valence-electron chi connectivity index (χ2n) is 6.94. The molecule has 3 saturated heterocycles. The van der Waals surface area contributed by atoms with Crippen LogP contribution in [-0.4, -0.2) is 46.5 Å². The van der Waals surface area contributed by atoms with E-state index in [1.54, 1.807) is 6.33 Å². The molecule has 2 atom stereocenters. The highest BCUT2D eigenvalue weighted by Crippen LogP contribution is 2.40. The second-order valence-corrected chi connectivity index (χ2v) is 6.94. The molecule has 0 aromatic carbocycles. The molecule has 5 nitrogen and oxygen atoms in total. The van der Waals surface area contributed by atoms with Gasteiger partial charge in [0.1, 0.15) is 12.1 Å². The number of amides is 1. The Morgan fingerprint density at radius 2 is 1.95 bits per heavy atom. The fraction of sp³-hybridized carbons (Fsp3) is 0.706. The number of carbonyl (C=O) groups excluding carboxylic acids is 1. The zero-order valence-corrected chi connectivity index (χ0v) is 13.2. The molecule has 5 heteroatoms. The SMILES string of the molecule is CCCN1C(=O)[C@H]2CC[C@@H]1CN(c1cc(C3CC3)ncn1)C2. The first kappa shape index (κ1) is 14.0. The molecule has 118 valence electrons. The lowest BCUT2D eigenvalue weighted by molar-refractivity contribution is -0.139. The molecule has 4 fully saturated rings. The molecule has 2 bridgehead atoms. The molecular weight excluding hydrogens is 276 g/mol. The Bertz CT molecular complexity index is 572. The highest BCUT2D eigenvalue weighted by molar-refractivity contribution is 5.81. The largest absolute Gasteiger partial charge is 0.354 e. The molecule has 0 spiro atoms. The second kappa shape index (κ2) is 5.52. The average molecular weight is 300 g/mol. The van der Waals surface area contributed by atoms with Crippen molar-refractivity contribution in [2.45, 2.75) is 51.0 Å². The number of aromatic nitrogens is 2. The summed E-state index contributed by atoms with van der Waals surface area (Å²) >= 11 is 0. The van der Waals surface area contributed by atoms with Crippen LogP contribution in [0.2, 0.25) is 0 Å². The summed E-state index contributed by atoms with van der Waals surface area (Å²) in [5.41, 5.74) is 1.18. The lowest BCUT2D eigenvalue weighted by Crippen LogP contribution is -2.48. The predicted molar refractivity (Wildman–Crippen MR) is 84.7 cm³/mol. The Hall–Kier alpha value is -1.65. The van der Waals surface area contributed by atoms with Gasteiger partial charge in [0.2, 0.25) is 5.91 Å². The third kappa shape index (κ3) is 2.46. The van der Waals surface area contributed by atoms with Crippen LogP contribution in [0.25, 0.3) is 0 Å². The molecule has 4 aliphatic rings. The van der Waals surface area contributed by atoms with E-state index >= 15 is 0 Å². The van der Waals surface area contributed by atoms with Crippen LogP contribution in [0.5, 0.6) is 0 Å². The maximum atomic E-state index is 12.6. The van der Waals surface area contributed by atoms with Gasteiger partial charge in [0, 0.05) is 43.4 Å². The summed E-state index contributed by atoms with van der Waals surface area (Å²) in [7, 11) is 0. The minimum atomic E-state index is 0.143. The molecule has 1 saturated carbocycles. The van der Waals surface area contributed by atoms with Gasteiger partial charge < -0.3 is 9.80 Å². The van der Waals surface area contributed by atoms with E-state index in [0.717, 1.165) is 44.7 Å². The molecule has 1 aliphatic carbocycles. The van der Waals surface area contributed by atoms with Gasteiger partial charge in [0.15, 0.2) is 0 Å². The van der Waals surface area contributed by atoms with E-state index in [-0.39, 0.29) is 5.92 Å². The van der Waals surface area contributed by atoms with E-state index < -0.39 is 0 Å². The van der Waals surface area contributed by atoms with E-state index in [4.69, 9.17) is 0 Å². The van der Waals surface area contributed by atoms with Crippen LogP contribution in [-0.2, 0) is 4.79 Å². The smallest absolute Gasteiger partial charge is 0.227 e. The standard InChI is InChI=1S/C17H24N4O/c1-2-7-21-14-6-5-13(17(21)22)9-20(10-14)16-8-15(12-3-4-12)18-11-19-16/h8,11-14H,2-7,9-10H2,1H3/t13-,14+/m0/s1. The number of hydrogen-bond acceptors (Lipinski definition) is 4. The Balaban J connectivity index is 1.59. The fourth-order valence-electron chi connectivity index (χ4n) is 3.90. The van der Waals surface area contributed by atoms with E-state index in [1.165, 1.54) is 18.5 Å². The number of carbonyl (C=O) groups is 1. The van der Waals surface area contributed by atoms with Crippen LogP contribution in [0.1, 0.15) is 50.6 Å². The summed E-state index contributed by atoms with van der Waals surface area (Å²) < 4.78 is 0. The maximum Gasteiger partial charge on any atom is 0.227 e. The van der Waals surface area contributed by atoms with Crippen LogP contribution >= 0.6 is 0 Å². The van der Waals surface area contributed by atoms with Crippen LogP contribution < -0.4 is 4.90 Å². The van der Waals surface area contributed by atoms with Gasteiger partial charge in [-0.3, -0.25) is 4.79 Å². The number of rotatable bonds is 4. The first-order valence-electron chi connectivity index (χ1n) is 8.63. The van der Waals surface area contributed by atoms with Crippen molar-refractivity contribution in [2.75, 3.05) is 24.5 Å². The van der Waals surface area contributed by atoms with Gasteiger partial charge in [-0.1, -0.05) is 6.92 Å². The molecule has 1 aromatic heterocycles. The summed E-state index contributed by atoms with van der Waals surface area (Å²) in [6.07, 6.45) is 7.40. The summed E-state index contributed by atoms with van der Waals surface area (Å²) in [4.78, 5) is 26.0. The van der Waals surface area contributed by atoms with Crippen molar-refractivity contribution in [1.82, 2.24) is 14.9 Å². The van der Waals surface area contributed by atoms with Crippen LogP contribution in [0.4, 0.5) is 5.82 Å². The summed E-state index contributed by atoms with van der Waals surface area (Å²) in [5.74, 6) is 2.16. The van der Waals surface area contributed by atoms with Gasteiger partial charge in [-0.2, -0.15) is 0 Å². The number of nitrogens with zero attached hydrogens (tertiary/aromatic N) is 4. The normalized spacial score (nSPS) is 28.1. The first-order chi connectivity index (χ1) is 10.8. The minimum absolute atomic E-state index is 0.143. The molecule has 1 amide bonds. The van der Waals surface area contributed by atoms with Crippen molar-refractivity contribution in [1.29, 1.82) is 0 Å². The molecule has 5 rings (SSSR count). The molecule has 0 N–H and O–H groups in total. The zero-order valence-electron chi connectivity index (χ0n) is 13.2. The predicted octanol–water partition coefficient (Wildman–Crippen LogP) is 2.19. The highest BCUT2D eigenvalue weighted by atomic mass is 16.2. The lowest BCUT2D eigenvalue weighted by atomic mass is 9.94. The van der Waals surface area contributed by atoms with Crippen molar-refractivity contribution in [3.8, 4) is 0 Å². The summed E-state index contributed by atoms with van der Waals surface area (Å²) in [6.45, 7) is 4.78. The van der Waals surface area contributed by atoms with Crippen LogP contribution in [0.15, 0.2) is 12.4 Å². The van der Waals surface area contributed by atoms with Crippen molar-refractivity contribution in [3.05, 3.63) is 18.1 Å². The fourth-order valence-corrected chi connectivity index (χ4v) is 3.90. The maximum absolute atomic E-state index is 12.6. The van der Waals surface area contributed by atoms with Gasteiger partial charge in [-0.25, -0.2) is 9.97 Å². The Morgan fingerprint density at radius 3 is 2.73 bits per heavy atom. The number of anilines is 1. The van der Waals surface area contributed by atoms with E-state index in [0.29, 0.717) is 17.9 Å². The third-order valence-electron chi connectivity index (χ3n) is 5.25. The Labute approximate surface area is 131 Å². The van der Waals surface area contributed by atoms with Crippen LogP contribution in [0.3, 0.4) is 0 Å². The van der Waals surface area contributed by atoms with Gasteiger partial charge >= 0.3 is 0 Å². The Kier molecular flexibility index (Phi) is 3.51. The molecule has 1 aromatic rings. The van der Waals surface area contributed by atoms with Gasteiger partial charge in [-0.05, 0) is 32.1 Å². The summed E-state index contributed by atoms with van der Waals surface area (Å²) in [6, 6.07) is 2.50. The summed E-state index contributed by atoms with van der Waals surface area (Å²) in [5, 5.41) is 0. The van der Waals surface area contributed by atoms with Crippen molar-refractivity contribution in [3.63, 3.8) is 0 Å². The quantitative estimate of drug-likeness (QED) is 0.855. The van der Waals surface area contributed by atoms with Crippen molar-refractivity contribution < 1.29 is 4.79 Å². The molecule has 0 unspecified atom stereocenters.